The highest BCUT2D eigenvalue weighted by atomic mass is 19.1. The first-order valence-electron chi connectivity index (χ1n) is 8.64. The molecule has 1 aliphatic heterocycles. The maximum Gasteiger partial charge on any atom is 0.410 e. The summed E-state index contributed by atoms with van der Waals surface area (Å²) in [5.74, 6) is 0.306. The van der Waals surface area contributed by atoms with Crippen LogP contribution in [0.25, 0.3) is 0 Å². The van der Waals surface area contributed by atoms with E-state index in [4.69, 9.17) is 9.47 Å². The maximum atomic E-state index is 14.5. The van der Waals surface area contributed by atoms with Gasteiger partial charge in [-0.3, -0.25) is 0 Å². The molecule has 1 aromatic carbocycles. The van der Waals surface area contributed by atoms with Gasteiger partial charge in [-0.1, -0.05) is 13.3 Å². The lowest BCUT2D eigenvalue weighted by Gasteiger charge is -2.32. The number of hydrogen-bond donors (Lipinski definition) is 0. The second-order valence-corrected chi connectivity index (χ2v) is 7.29. The van der Waals surface area contributed by atoms with Crippen LogP contribution in [0.2, 0.25) is 0 Å². The molecule has 0 spiro atoms. The highest BCUT2D eigenvalue weighted by Crippen LogP contribution is 2.32. The fraction of sp³-hybridized carbons (Fsp3) is 0.632. The van der Waals surface area contributed by atoms with Gasteiger partial charge in [0.25, 0.3) is 0 Å². The summed E-state index contributed by atoms with van der Waals surface area (Å²) in [7, 11) is 0. The molecule has 0 aromatic heterocycles. The molecule has 1 heterocycles. The summed E-state index contributed by atoms with van der Waals surface area (Å²) < 4.78 is 25.6. The predicted molar refractivity (Wildman–Crippen MR) is 91.9 cm³/mol. The van der Waals surface area contributed by atoms with Crippen LogP contribution in [0.3, 0.4) is 0 Å². The van der Waals surface area contributed by atoms with Crippen LogP contribution in [0.15, 0.2) is 6.07 Å². The van der Waals surface area contributed by atoms with Gasteiger partial charge < -0.3 is 14.4 Å². The van der Waals surface area contributed by atoms with Crippen molar-refractivity contribution in [2.45, 2.75) is 66.0 Å². The zero-order valence-corrected chi connectivity index (χ0v) is 15.4. The molecule has 0 bridgehead atoms. The van der Waals surface area contributed by atoms with E-state index in [0.29, 0.717) is 30.9 Å². The summed E-state index contributed by atoms with van der Waals surface area (Å²) in [5, 5.41) is 0. The highest BCUT2D eigenvalue weighted by Gasteiger charge is 2.29. The zero-order chi connectivity index (χ0) is 17.9. The molecule has 0 atom stereocenters. The molecule has 0 fully saturated rings. The highest BCUT2D eigenvalue weighted by molar-refractivity contribution is 5.69. The summed E-state index contributed by atoms with van der Waals surface area (Å²) in [6.45, 7) is 10.9. The van der Waals surface area contributed by atoms with Crippen LogP contribution in [0.4, 0.5) is 9.18 Å². The van der Waals surface area contributed by atoms with Crippen molar-refractivity contribution < 1.29 is 18.7 Å². The number of ether oxygens (including phenoxy) is 2. The first-order chi connectivity index (χ1) is 11.2. The average molecular weight is 337 g/mol. The van der Waals surface area contributed by atoms with E-state index in [0.717, 1.165) is 24.0 Å². The largest absolute Gasteiger partial charge is 0.493 e. The van der Waals surface area contributed by atoms with Crippen molar-refractivity contribution in [2.75, 3.05) is 13.2 Å². The molecule has 1 amide bonds. The number of carbonyl (C=O) groups excluding carboxylic acids is 1. The molecule has 1 aliphatic rings. The summed E-state index contributed by atoms with van der Waals surface area (Å²) in [5.41, 5.74) is 1.96. The van der Waals surface area contributed by atoms with Crippen molar-refractivity contribution in [3.8, 4) is 5.75 Å². The molecule has 0 saturated carbocycles. The summed E-state index contributed by atoms with van der Waals surface area (Å²) in [6.07, 6.45) is 2.21. The molecular formula is C19H28FNO3. The van der Waals surface area contributed by atoms with Crippen LogP contribution in [-0.2, 0) is 17.7 Å². The van der Waals surface area contributed by atoms with Crippen molar-refractivity contribution in [3.63, 3.8) is 0 Å². The lowest BCUT2D eigenvalue weighted by molar-refractivity contribution is 0.0221. The minimum absolute atomic E-state index is 0.242. The fourth-order valence-electron chi connectivity index (χ4n) is 2.81. The van der Waals surface area contributed by atoms with E-state index < -0.39 is 11.7 Å². The predicted octanol–water partition coefficient (Wildman–Crippen LogP) is 4.61. The van der Waals surface area contributed by atoms with E-state index in [1.165, 1.54) is 6.07 Å². The topological polar surface area (TPSA) is 38.8 Å². The van der Waals surface area contributed by atoms with Gasteiger partial charge >= 0.3 is 6.09 Å². The number of fused-ring (bicyclic) bond motifs is 1. The van der Waals surface area contributed by atoms with Gasteiger partial charge in [0.15, 0.2) is 0 Å². The van der Waals surface area contributed by atoms with Gasteiger partial charge in [-0.05, 0) is 51.7 Å². The Morgan fingerprint density at radius 1 is 1.33 bits per heavy atom. The monoisotopic (exact) mass is 337 g/mol. The van der Waals surface area contributed by atoms with E-state index in [-0.39, 0.29) is 12.4 Å². The normalized spacial score (nSPS) is 14.3. The van der Waals surface area contributed by atoms with Crippen molar-refractivity contribution in [1.29, 1.82) is 0 Å². The van der Waals surface area contributed by atoms with Crippen LogP contribution < -0.4 is 4.74 Å². The van der Waals surface area contributed by atoms with E-state index >= 15 is 0 Å². The molecule has 0 saturated heterocycles. The fourth-order valence-corrected chi connectivity index (χ4v) is 2.81. The Morgan fingerprint density at radius 2 is 2.04 bits per heavy atom. The first kappa shape index (κ1) is 18.6. The number of amides is 1. The molecular weight excluding hydrogens is 309 g/mol. The average Bonchev–Trinajstić information content (AvgIpc) is 2.50. The Labute approximate surface area is 143 Å². The number of carbonyl (C=O) groups is 1. The van der Waals surface area contributed by atoms with Gasteiger partial charge in [-0.15, -0.1) is 0 Å². The quantitative estimate of drug-likeness (QED) is 0.753. The third-order valence-electron chi connectivity index (χ3n) is 4.12. The third kappa shape index (κ3) is 4.40. The summed E-state index contributed by atoms with van der Waals surface area (Å²) >= 11 is 0. The van der Waals surface area contributed by atoms with Gasteiger partial charge in [-0.2, -0.15) is 0 Å². The van der Waals surface area contributed by atoms with Crippen LogP contribution in [0.1, 0.15) is 57.2 Å². The number of nitrogens with zero attached hydrogens (tertiary/aromatic N) is 1. The zero-order valence-electron chi connectivity index (χ0n) is 15.4. The SMILES string of the molecule is CCCCOc1cc(F)c2c(c1C)CCN(C(=O)OC(C)(C)C)C2. The van der Waals surface area contributed by atoms with Crippen molar-refractivity contribution >= 4 is 6.09 Å². The molecule has 2 rings (SSSR count). The van der Waals surface area contributed by atoms with Crippen molar-refractivity contribution in [1.82, 2.24) is 4.90 Å². The summed E-state index contributed by atoms with van der Waals surface area (Å²) in [4.78, 5) is 13.8. The Kier molecular flexibility index (Phi) is 5.73. The lowest BCUT2D eigenvalue weighted by atomic mass is 9.94. The van der Waals surface area contributed by atoms with Gasteiger partial charge in [-0.25, -0.2) is 9.18 Å². The number of rotatable bonds is 4. The van der Waals surface area contributed by atoms with E-state index in [9.17, 15) is 9.18 Å². The van der Waals surface area contributed by atoms with Crippen LogP contribution >= 0.6 is 0 Å². The van der Waals surface area contributed by atoms with Gasteiger partial charge in [0.1, 0.15) is 17.2 Å². The van der Waals surface area contributed by atoms with Crippen LogP contribution in [0, 0.1) is 12.7 Å². The van der Waals surface area contributed by atoms with E-state index in [1.54, 1.807) is 4.90 Å². The Bertz CT molecular complexity index is 608. The molecule has 0 unspecified atom stereocenters. The molecule has 5 heteroatoms. The van der Waals surface area contributed by atoms with E-state index in [2.05, 4.69) is 6.92 Å². The summed E-state index contributed by atoms with van der Waals surface area (Å²) in [6, 6.07) is 1.45. The van der Waals surface area contributed by atoms with Crippen LogP contribution in [-0.4, -0.2) is 29.7 Å². The molecule has 0 radical (unpaired) electrons. The van der Waals surface area contributed by atoms with Gasteiger partial charge in [0, 0.05) is 18.2 Å². The molecule has 134 valence electrons. The Balaban J connectivity index is 2.17. The first-order valence-corrected chi connectivity index (χ1v) is 8.64. The second-order valence-electron chi connectivity index (χ2n) is 7.29. The smallest absolute Gasteiger partial charge is 0.410 e. The molecule has 0 N–H and O–H groups in total. The van der Waals surface area contributed by atoms with Gasteiger partial charge in [0.05, 0.1) is 13.2 Å². The number of halogens is 1. The number of unbranched alkanes of at least 4 members (excludes halogenated alkanes) is 1. The third-order valence-corrected chi connectivity index (χ3v) is 4.12. The molecule has 24 heavy (non-hydrogen) atoms. The number of benzene rings is 1. The molecule has 0 aliphatic carbocycles. The van der Waals surface area contributed by atoms with Crippen molar-refractivity contribution in [3.05, 3.63) is 28.6 Å². The lowest BCUT2D eigenvalue weighted by Crippen LogP contribution is -2.40. The molecule has 4 nitrogen and oxygen atoms in total. The number of hydrogen-bond acceptors (Lipinski definition) is 3. The van der Waals surface area contributed by atoms with Crippen LogP contribution in [0.5, 0.6) is 5.75 Å². The molecule has 1 aromatic rings. The van der Waals surface area contributed by atoms with Gasteiger partial charge in [0.2, 0.25) is 0 Å². The Hall–Kier alpha value is -1.78. The van der Waals surface area contributed by atoms with Crippen molar-refractivity contribution in [2.24, 2.45) is 0 Å². The minimum atomic E-state index is -0.553. The standard InChI is InChI=1S/C19H28FNO3/c1-6-7-10-23-17-11-16(20)15-12-21(9-8-14(15)13(17)2)18(22)24-19(3,4)5/h11H,6-10,12H2,1-5H3. The minimum Gasteiger partial charge on any atom is -0.493 e. The maximum absolute atomic E-state index is 14.5. The Morgan fingerprint density at radius 3 is 2.67 bits per heavy atom. The second kappa shape index (κ2) is 7.41. The van der Waals surface area contributed by atoms with E-state index in [1.807, 2.05) is 27.7 Å².